The summed E-state index contributed by atoms with van der Waals surface area (Å²) < 4.78 is 0. The summed E-state index contributed by atoms with van der Waals surface area (Å²) in [5.41, 5.74) is 0. The van der Waals surface area contributed by atoms with Crippen molar-refractivity contribution in [3.8, 4) is 0 Å². The SMILES string of the molecule is C=CCBr.C=CCBr.O=C([O-])[O-].[K+].[K+]. The maximum atomic E-state index is 8.33. The summed E-state index contributed by atoms with van der Waals surface area (Å²) in [4.78, 5) is 8.33. The predicted octanol–water partition coefficient (Wildman–Crippen LogP) is -5.30. The molecule has 0 aromatic carbocycles. The van der Waals surface area contributed by atoms with Crippen LogP contribution in [-0.4, -0.2) is 16.8 Å². The molecule has 0 aliphatic carbocycles. The van der Waals surface area contributed by atoms with Gasteiger partial charge in [0.2, 0.25) is 0 Å². The monoisotopic (exact) mass is 378 g/mol. The maximum absolute atomic E-state index is 8.33. The second-order valence-electron chi connectivity index (χ2n) is 1.14. The number of allylic oxidation sites excluding steroid dienone is 2. The molecule has 0 rings (SSSR count). The molecule has 0 atom stereocenters. The van der Waals surface area contributed by atoms with E-state index in [1.807, 2.05) is 0 Å². The van der Waals surface area contributed by atoms with Gasteiger partial charge in [0.15, 0.2) is 0 Å². The summed E-state index contributed by atoms with van der Waals surface area (Å²) in [6, 6.07) is 0. The molecule has 0 radical (unpaired) electrons. The number of carbonyl (C=O) groups is 1. The molecule has 0 saturated carbocycles. The molecule has 0 saturated heterocycles. The zero-order chi connectivity index (χ0) is 10.4. The summed E-state index contributed by atoms with van der Waals surface area (Å²) >= 11 is 6.26. The van der Waals surface area contributed by atoms with E-state index in [1.54, 1.807) is 12.2 Å². The Balaban J connectivity index is -0.0000000270. The Labute approximate surface area is 187 Å². The summed E-state index contributed by atoms with van der Waals surface area (Å²) in [5, 5.41) is 18.5. The molecular formula is C7H10Br2K2O3. The average Bonchev–Trinajstić information content (AvgIpc) is 2.03. The summed E-state index contributed by atoms with van der Waals surface area (Å²) in [5.74, 6) is 0. The number of carboxylic acid groups (broad SMARTS) is 2. The first-order valence-corrected chi connectivity index (χ1v) is 5.02. The van der Waals surface area contributed by atoms with Gasteiger partial charge in [-0.2, -0.15) is 0 Å². The molecule has 7 heteroatoms. The first kappa shape index (κ1) is 30.2. The first-order valence-electron chi connectivity index (χ1n) is 2.78. The fourth-order valence-corrected chi connectivity index (χ4v) is 0. The van der Waals surface area contributed by atoms with E-state index in [0.717, 1.165) is 10.7 Å². The molecule has 0 spiro atoms. The number of hydrogen-bond donors (Lipinski definition) is 0. The van der Waals surface area contributed by atoms with E-state index in [1.165, 1.54) is 0 Å². The van der Waals surface area contributed by atoms with Crippen molar-refractivity contribution in [3.05, 3.63) is 25.3 Å². The van der Waals surface area contributed by atoms with Gasteiger partial charge < -0.3 is 15.0 Å². The van der Waals surface area contributed by atoms with Crippen molar-refractivity contribution in [2.24, 2.45) is 0 Å². The minimum absolute atomic E-state index is 0. The van der Waals surface area contributed by atoms with Crippen LogP contribution in [0.3, 0.4) is 0 Å². The molecule has 0 unspecified atom stereocenters. The number of carbonyl (C=O) groups excluding carboxylic acids is 1. The maximum Gasteiger partial charge on any atom is 1.00 e. The molecule has 72 valence electrons. The van der Waals surface area contributed by atoms with Crippen LogP contribution in [0.4, 0.5) is 4.79 Å². The van der Waals surface area contributed by atoms with Gasteiger partial charge in [-0.15, -0.1) is 13.2 Å². The van der Waals surface area contributed by atoms with E-state index in [-0.39, 0.29) is 103 Å². The smallest absolute Gasteiger partial charge is 0.652 e. The van der Waals surface area contributed by atoms with Crippen molar-refractivity contribution >= 4 is 38.0 Å². The van der Waals surface area contributed by atoms with Crippen molar-refractivity contribution in [1.29, 1.82) is 0 Å². The third kappa shape index (κ3) is 118. The third-order valence-electron chi connectivity index (χ3n) is 0.218. The van der Waals surface area contributed by atoms with Crippen LogP contribution in [0.5, 0.6) is 0 Å². The Morgan fingerprint density at radius 2 is 1.14 bits per heavy atom. The molecule has 0 aliphatic heterocycles. The summed E-state index contributed by atoms with van der Waals surface area (Å²) in [7, 11) is 0. The number of hydrogen-bond acceptors (Lipinski definition) is 3. The van der Waals surface area contributed by atoms with Gasteiger partial charge in [-0.1, -0.05) is 44.0 Å². The van der Waals surface area contributed by atoms with Crippen LogP contribution in [0.2, 0.25) is 0 Å². The zero-order valence-electron chi connectivity index (χ0n) is 8.46. The molecule has 0 N–H and O–H groups in total. The Bertz CT molecular complexity index is 112. The molecule has 3 nitrogen and oxygen atoms in total. The van der Waals surface area contributed by atoms with Crippen LogP contribution in [0.15, 0.2) is 25.3 Å². The summed E-state index contributed by atoms with van der Waals surface area (Å²) in [6.07, 6.45) is 1.25. The van der Waals surface area contributed by atoms with Gasteiger partial charge in [-0.25, -0.2) is 0 Å². The van der Waals surface area contributed by atoms with Gasteiger partial charge in [0.05, 0.1) is 0 Å². The van der Waals surface area contributed by atoms with Crippen LogP contribution in [0.25, 0.3) is 0 Å². The summed E-state index contributed by atoms with van der Waals surface area (Å²) in [6.45, 7) is 6.86. The molecular weight excluding hydrogens is 370 g/mol. The van der Waals surface area contributed by atoms with Crippen molar-refractivity contribution < 1.29 is 118 Å². The fraction of sp³-hybridized carbons (Fsp3) is 0.286. The van der Waals surface area contributed by atoms with E-state index in [4.69, 9.17) is 15.0 Å². The van der Waals surface area contributed by atoms with Gasteiger partial charge in [-0.3, -0.25) is 0 Å². The third-order valence-corrected chi connectivity index (χ3v) is 1.13. The second-order valence-corrected chi connectivity index (χ2v) is 2.43. The Hall–Kier alpha value is 2.98. The van der Waals surface area contributed by atoms with Crippen molar-refractivity contribution in [2.75, 3.05) is 10.7 Å². The van der Waals surface area contributed by atoms with E-state index < -0.39 is 6.16 Å². The topological polar surface area (TPSA) is 63.2 Å². The van der Waals surface area contributed by atoms with Crippen LogP contribution in [0.1, 0.15) is 0 Å². The molecule has 0 amide bonds. The normalized spacial score (nSPS) is 5.29. The van der Waals surface area contributed by atoms with Gasteiger partial charge in [0.25, 0.3) is 0 Å². The second kappa shape index (κ2) is 36.0. The molecule has 14 heavy (non-hydrogen) atoms. The van der Waals surface area contributed by atoms with Crippen LogP contribution in [0, 0.1) is 0 Å². The largest absolute Gasteiger partial charge is 1.00 e. The number of rotatable bonds is 2. The Morgan fingerprint density at radius 3 is 1.14 bits per heavy atom. The molecule has 0 aromatic heterocycles. The Kier molecular flexibility index (Phi) is 77.7. The minimum atomic E-state index is -2.33. The molecule has 0 fully saturated rings. The van der Waals surface area contributed by atoms with Crippen molar-refractivity contribution in [2.45, 2.75) is 0 Å². The van der Waals surface area contributed by atoms with E-state index >= 15 is 0 Å². The van der Waals surface area contributed by atoms with Gasteiger partial charge in [-0.05, 0) is 6.16 Å². The van der Waals surface area contributed by atoms with Crippen LogP contribution >= 0.6 is 31.9 Å². The number of halogens is 2. The van der Waals surface area contributed by atoms with Gasteiger partial charge in [0, 0.05) is 10.7 Å². The molecule has 0 aromatic rings. The quantitative estimate of drug-likeness (QED) is 0.273. The predicted molar refractivity (Wildman–Crippen MR) is 53.4 cm³/mol. The van der Waals surface area contributed by atoms with E-state index in [9.17, 15) is 0 Å². The first-order chi connectivity index (χ1) is 5.56. The van der Waals surface area contributed by atoms with Crippen LogP contribution < -0.4 is 113 Å². The van der Waals surface area contributed by atoms with Crippen molar-refractivity contribution in [1.82, 2.24) is 0 Å². The number of alkyl halides is 2. The van der Waals surface area contributed by atoms with Gasteiger partial charge >= 0.3 is 103 Å². The molecule has 0 heterocycles. The minimum Gasteiger partial charge on any atom is -0.652 e. The standard InChI is InChI=1S/2C3H5Br.CH2O3.2K/c2*1-2-3-4;2-1(3)4;;/h2*2H,1,3H2;(H2,2,3,4);;/q;;;2*+1/p-2. The zero-order valence-corrected chi connectivity index (χ0v) is 17.9. The molecule has 0 bridgehead atoms. The van der Waals surface area contributed by atoms with E-state index in [2.05, 4.69) is 45.0 Å². The fourth-order valence-electron chi connectivity index (χ4n) is 0. The van der Waals surface area contributed by atoms with E-state index in [0.29, 0.717) is 0 Å². The molecule has 0 aliphatic rings. The Morgan fingerprint density at radius 1 is 1.07 bits per heavy atom. The van der Waals surface area contributed by atoms with Gasteiger partial charge in [0.1, 0.15) is 0 Å². The van der Waals surface area contributed by atoms with Crippen molar-refractivity contribution in [3.63, 3.8) is 0 Å². The average molecular weight is 380 g/mol. The van der Waals surface area contributed by atoms with Crippen LogP contribution in [-0.2, 0) is 0 Å².